The predicted octanol–water partition coefficient (Wildman–Crippen LogP) is 2.16. The Morgan fingerprint density at radius 2 is 1.54 bits per heavy atom. The number of hydrogen-bond acceptors (Lipinski definition) is 8. The number of cyclic esters (lactones) is 1. The summed E-state index contributed by atoms with van der Waals surface area (Å²) in [7, 11) is 0. The molecule has 6 rings (SSSR count). The number of benzene rings is 2. The Kier molecular flexibility index (Phi) is 13.2. The first kappa shape index (κ1) is 41.7. The largest absolute Gasteiger partial charge is 0.461 e. The molecule has 0 saturated carbocycles. The van der Waals surface area contributed by atoms with E-state index in [4.69, 9.17) is 4.74 Å². The van der Waals surface area contributed by atoms with E-state index in [2.05, 4.69) is 43.9 Å². The topological polar surface area (TPSA) is 187 Å². The standard InChI is InChI=1S/C38H43F3IN7O8/c1-20-34(52)49-18-24(41)17-31(49)37(55)57-19-28(35(53)48-12-4-6-30(48)36(54)47-11-3-2-5-29(47)33(51)43-20)45-32(50)27(15-21-13-22(39)16-23(40)14-21)46-38(56)44-26-9-7-25(42)8-10-26/h7-10,13-14,16,20,24,27-31H,2-6,11-12,15,17-19H2,1H3,(H,43,51)(H,45,50)(H2,44,46,56)/t20-,24-,27-,28-,29-,30-,31-/m0/s1. The fourth-order valence-corrected chi connectivity index (χ4v) is 8.12. The lowest BCUT2D eigenvalue weighted by molar-refractivity contribution is -0.158. The number of fused-ring (bicyclic) bond motifs is 3. The molecular formula is C38H43F3IN7O8. The van der Waals surface area contributed by atoms with Gasteiger partial charge >= 0.3 is 12.0 Å². The maximum Gasteiger partial charge on any atom is 0.329 e. The van der Waals surface area contributed by atoms with Crippen LogP contribution in [0.2, 0.25) is 0 Å². The van der Waals surface area contributed by atoms with E-state index in [1.807, 2.05) is 0 Å². The highest BCUT2D eigenvalue weighted by atomic mass is 127. The summed E-state index contributed by atoms with van der Waals surface area (Å²) in [5.74, 6) is -6.64. The fraction of sp³-hybridized carbons (Fsp3) is 0.500. The average molecular weight is 910 g/mol. The zero-order valence-electron chi connectivity index (χ0n) is 31.0. The van der Waals surface area contributed by atoms with Crippen LogP contribution in [0.1, 0.15) is 51.0 Å². The van der Waals surface area contributed by atoms with Gasteiger partial charge in [-0.2, -0.15) is 0 Å². The number of piperidine rings is 1. The highest BCUT2D eigenvalue weighted by Gasteiger charge is 2.46. The minimum atomic E-state index is -1.68. The van der Waals surface area contributed by atoms with E-state index in [1.165, 1.54) is 16.7 Å². The van der Waals surface area contributed by atoms with Crippen molar-refractivity contribution in [2.24, 2.45) is 0 Å². The Balaban J connectivity index is 1.31. The van der Waals surface area contributed by atoms with Crippen molar-refractivity contribution in [3.05, 3.63) is 63.2 Å². The Labute approximate surface area is 339 Å². The van der Waals surface area contributed by atoms with E-state index >= 15 is 0 Å². The van der Waals surface area contributed by atoms with Gasteiger partial charge in [0.05, 0.1) is 6.54 Å². The molecule has 4 heterocycles. The quantitative estimate of drug-likeness (QED) is 0.251. The molecule has 0 aliphatic carbocycles. The second kappa shape index (κ2) is 18.1. The average Bonchev–Trinajstić information content (AvgIpc) is 3.82. The third kappa shape index (κ3) is 9.96. The van der Waals surface area contributed by atoms with Crippen LogP contribution < -0.4 is 21.3 Å². The van der Waals surface area contributed by atoms with Gasteiger partial charge in [0, 0.05) is 41.3 Å². The predicted molar refractivity (Wildman–Crippen MR) is 205 cm³/mol. The Hall–Kier alpha value is -4.95. The fourth-order valence-electron chi connectivity index (χ4n) is 7.76. The molecule has 2 aromatic rings. The van der Waals surface area contributed by atoms with Crippen molar-refractivity contribution in [1.82, 2.24) is 30.7 Å². The van der Waals surface area contributed by atoms with E-state index in [0.29, 0.717) is 37.4 Å². The summed E-state index contributed by atoms with van der Waals surface area (Å²) in [6.07, 6.45) is -0.334. The van der Waals surface area contributed by atoms with E-state index in [1.54, 1.807) is 24.3 Å². The third-order valence-electron chi connectivity index (χ3n) is 10.5. The molecule has 4 N–H and O–H groups in total. The molecular weight excluding hydrogens is 866 g/mol. The number of amides is 7. The van der Waals surface area contributed by atoms with Crippen molar-refractivity contribution in [3.63, 3.8) is 0 Å². The minimum absolute atomic E-state index is 0.00992. The van der Waals surface area contributed by atoms with Gasteiger partial charge in [-0.15, -0.1) is 0 Å². The summed E-state index contributed by atoms with van der Waals surface area (Å²) in [5, 5.41) is 10.2. The molecule has 7 atom stereocenters. The van der Waals surface area contributed by atoms with Gasteiger partial charge in [0.1, 0.15) is 60.7 Å². The van der Waals surface area contributed by atoms with Crippen molar-refractivity contribution in [3.8, 4) is 0 Å². The first-order chi connectivity index (χ1) is 27.2. The molecule has 2 aromatic carbocycles. The number of nitrogens with zero attached hydrogens (tertiary/aromatic N) is 3. The van der Waals surface area contributed by atoms with Crippen LogP contribution >= 0.6 is 22.6 Å². The number of halogens is 4. The number of carbonyl (C=O) groups excluding carboxylic acids is 7. The number of alkyl halides is 1. The maximum absolute atomic E-state index is 14.8. The number of esters is 1. The first-order valence-corrected chi connectivity index (χ1v) is 19.9. The van der Waals surface area contributed by atoms with E-state index in [9.17, 15) is 46.7 Å². The zero-order chi connectivity index (χ0) is 41.0. The molecule has 306 valence electrons. The second-order valence-corrected chi connectivity index (χ2v) is 15.9. The molecule has 0 spiro atoms. The van der Waals surface area contributed by atoms with Gasteiger partial charge in [0.25, 0.3) is 0 Å². The van der Waals surface area contributed by atoms with E-state index in [-0.39, 0.29) is 25.1 Å². The number of nitrogens with one attached hydrogen (secondary N) is 4. The summed E-state index contributed by atoms with van der Waals surface area (Å²) >= 11 is 2.08. The van der Waals surface area contributed by atoms with Crippen LogP contribution in [0.25, 0.3) is 0 Å². The van der Waals surface area contributed by atoms with Crippen LogP contribution in [0.3, 0.4) is 0 Å². The maximum atomic E-state index is 14.8. The van der Waals surface area contributed by atoms with Crippen molar-refractivity contribution >= 4 is 69.8 Å². The Morgan fingerprint density at radius 1 is 0.877 bits per heavy atom. The molecule has 4 saturated heterocycles. The number of ether oxygens (including phenoxy) is 1. The minimum Gasteiger partial charge on any atom is -0.461 e. The van der Waals surface area contributed by atoms with Gasteiger partial charge in [-0.05, 0) is 104 Å². The highest BCUT2D eigenvalue weighted by Crippen LogP contribution is 2.27. The number of carbonyl (C=O) groups is 7. The lowest BCUT2D eigenvalue weighted by atomic mass is 9.99. The van der Waals surface area contributed by atoms with Gasteiger partial charge in [-0.1, -0.05) is 0 Å². The molecule has 0 bridgehead atoms. The highest BCUT2D eigenvalue weighted by molar-refractivity contribution is 14.1. The Morgan fingerprint density at radius 3 is 2.26 bits per heavy atom. The van der Waals surface area contributed by atoms with Gasteiger partial charge in [0.2, 0.25) is 29.5 Å². The molecule has 0 radical (unpaired) electrons. The van der Waals surface area contributed by atoms with Gasteiger partial charge in [-0.25, -0.2) is 22.8 Å². The number of hydrogen-bond donors (Lipinski definition) is 4. The molecule has 4 aliphatic heterocycles. The molecule has 0 aromatic heterocycles. The summed E-state index contributed by atoms with van der Waals surface area (Å²) < 4.78 is 49.7. The normalized spacial score (nSPS) is 26.5. The third-order valence-corrected chi connectivity index (χ3v) is 11.3. The van der Waals surface area contributed by atoms with Crippen LogP contribution in [0.4, 0.5) is 23.7 Å². The van der Waals surface area contributed by atoms with Gasteiger partial charge in [-0.3, -0.25) is 24.0 Å². The molecule has 4 aliphatic rings. The van der Waals surface area contributed by atoms with Crippen LogP contribution in [-0.2, 0) is 39.9 Å². The SMILES string of the molecule is C[C@@H]1NC(=O)[C@@H]2CCCCN2C(=O)[C@@H]2CCCN2C(=O)[C@@H](NC(=O)[C@H](Cc2cc(F)cc(F)c2)NC(=O)Nc2ccc(I)cc2)COC(=O)[C@@H]2C[C@H](F)CN2C1=O. The van der Waals surface area contributed by atoms with Crippen LogP contribution in [0.5, 0.6) is 0 Å². The number of anilines is 1. The van der Waals surface area contributed by atoms with Gasteiger partial charge in [0.15, 0.2) is 0 Å². The van der Waals surface area contributed by atoms with Crippen molar-refractivity contribution in [1.29, 1.82) is 0 Å². The van der Waals surface area contributed by atoms with Crippen LogP contribution in [0, 0.1) is 15.2 Å². The number of rotatable bonds is 6. The first-order valence-electron chi connectivity index (χ1n) is 18.8. The zero-order valence-corrected chi connectivity index (χ0v) is 33.1. The lowest BCUT2D eigenvalue weighted by Gasteiger charge is -2.39. The Bertz CT molecular complexity index is 1890. The monoisotopic (exact) mass is 909 g/mol. The van der Waals surface area contributed by atoms with Crippen LogP contribution in [0.15, 0.2) is 42.5 Å². The lowest BCUT2D eigenvalue weighted by Crippen LogP contribution is -2.62. The molecule has 4 fully saturated rings. The molecule has 15 nitrogen and oxygen atoms in total. The van der Waals surface area contributed by atoms with Gasteiger partial charge < -0.3 is 40.7 Å². The summed E-state index contributed by atoms with van der Waals surface area (Å²) in [6.45, 7) is 0.420. The molecule has 19 heteroatoms. The summed E-state index contributed by atoms with van der Waals surface area (Å²) in [5.41, 5.74) is 0.357. The van der Waals surface area contributed by atoms with E-state index < -0.39 is 122 Å². The number of urea groups is 1. The molecule has 0 unspecified atom stereocenters. The second-order valence-electron chi connectivity index (χ2n) is 14.6. The summed E-state index contributed by atoms with van der Waals surface area (Å²) in [4.78, 5) is 100. The van der Waals surface area contributed by atoms with E-state index in [0.717, 1.165) is 20.6 Å². The summed E-state index contributed by atoms with van der Waals surface area (Å²) in [6, 6.07) is 0.567. The van der Waals surface area contributed by atoms with Crippen LogP contribution in [-0.4, -0.2) is 125 Å². The van der Waals surface area contributed by atoms with Crippen molar-refractivity contribution < 1.29 is 51.5 Å². The van der Waals surface area contributed by atoms with Crippen molar-refractivity contribution in [2.45, 2.75) is 94.3 Å². The smallest absolute Gasteiger partial charge is 0.329 e. The molecule has 7 amide bonds. The molecule has 57 heavy (non-hydrogen) atoms. The van der Waals surface area contributed by atoms with Crippen molar-refractivity contribution in [2.75, 3.05) is 31.6 Å².